The number of carbonyl (C=O) groups is 1. The molecule has 0 aromatic carbocycles. The molecule has 5 nitrogen and oxygen atoms in total. The van der Waals surface area contributed by atoms with Gasteiger partial charge in [0.25, 0.3) is 5.91 Å². The Morgan fingerprint density at radius 3 is 3.17 bits per heavy atom. The molecule has 0 bridgehead atoms. The second kappa shape index (κ2) is 5.77. The second-order valence-electron chi connectivity index (χ2n) is 4.52. The molecule has 0 aliphatic carbocycles. The molecule has 1 aromatic heterocycles. The lowest BCUT2D eigenvalue weighted by molar-refractivity contribution is 0.0675. The van der Waals surface area contributed by atoms with Crippen molar-refractivity contribution < 1.29 is 14.6 Å². The molecule has 18 heavy (non-hydrogen) atoms. The number of ether oxygens (including phenoxy) is 1. The predicted octanol–water partition coefficient (Wildman–Crippen LogP) is 1.45. The van der Waals surface area contributed by atoms with E-state index in [1.54, 1.807) is 19.4 Å². The van der Waals surface area contributed by atoms with E-state index < -0.39 is 0 Å². The Kier molecular flexibility index (Phi) is 4.31. The smallest absolute Gasteiger partial charge is 0.273 e. The molecule has 1 saturated heterocycles. The monoisotopic (exact) mass is 270 g/mol. The lowest BCUT2D eigenvalue weighted by atomic mass is 10.2. The molecule has 0 spiro atoms. The van der Waals surface area contributed by atoms with Gasteiger partial charge in [0.1, 0.15) is 16.8 Å². The normalized spacial score (nSPS) is 20.9. The number of amides is 1. The molecular weight excluding hydrogens is 252 g/mol. The second-order valence-corrected chi connectivity index (χ2v) is 5.41. The minimum atomic E-state index is -0.203. The minimum absolute atomic E-state index is 0.0506. The third-order valence-electron chi connectivity index (χ3n) is 3.19. The maximum absolute atomic E-state index is 12.1. The van der Waals surface area contributed by atoms with Crippen LogP contribution in [0.1, 0.15) is 41.4 Å². The minimum Gasteiger partial charge on any atom is -0.394 e. The van der Waals surface area contributed by atoms with Crippen LogP contribution in [-0.4, -0.2) is 47.2 Å². The van der Waals surface area contributed by atoms with Gasteiger partial charge >= 0.3 is 0 Å². The standard InChI is InChI=1S/C12H18N2O3S/c1-8(6-15)14(2)12(16)9-7-18-11(13-9)10-4-3-5-17-10/h7-8,10,15H,3-6H2,1-2H3. The Morgan fingerprint density at radius 2 is 2.56 bits per heavy atom. The molecule has 2 atom stereocenters. The van der Waals surface area contributed by atoms with Crippen molar-refractivity contribution in [1.29, 1.82) is 0 Å². The van der Waals surface area contributed by atoms with Crippen LogP contribution in [0.4, 0.5) is 0 Å². The highest BCUT2D eigenvalue weighted by Crippen LogP contribution is 2.30. The SMILES string of the molecule is CC(CO)N(C)C(=O)c1csc(C2CCCO2)n1. The number of aromatic nitrogens is 1. The van der Waals surface area contributed by atoms with E-state index in [0.29, 0.717) is 5.69 Å². The molecule has 100 valence electrons. The summed E-state index contributed by atoms with van der Waals surface area (Å²) >= 11 is 1.47. The molecule has 1 aliphatic rings. The van der Waals surface area contributed by atoms with E-state index in [1.165, 1.54) is 16.2 Å². The average molecular weight is 270 g/mol. The van der Waals surface area contributed by atoms with Crippen molar-refractivity contribution in [2.24, 2.45) is 0 Å². The van der Waals surface area contributed by atoms with E-state index in [2.05, 4.69) is 4.98 Å². The third-order valence-corrected chi connectivity index (χ3v) is 4.13. The summed E-state index contributed by atoms with van der Waals surface area (Å²) in [5, 5.41) is 11.7. The number of hydrogen-bond donors (Lipinski definition) is 1. The molecule has 2 unspecified atom stereocenters. The molecule has 1 aromatic rings. The molecule has 2 heterocycles. The molecule has 6 heteroatoms. The summed E-state index contributed by atoms with van der Waals surface area (Å²) in [6, 6.07) is -0.203. The highest BCUT2D eigenvalue weighted by molar-refractivity contribution is 7.09. The first-order chi connectivity index (χ1) is 8.63. The number of hydrogen-bond acceptors (Lipinski definition) is 5. The van der Waals surface area contributed by atoms with Crippen molar-refractivity contribution in [3.8, 4) is 0 Å². The van der Waals surface area contributed by atoms with Crippen molar-refractivity contribution in [2.75, 3.05) is 20.3 Å². The number of likely N-dealkylation sites (N-methyl/N-ethyl adjacent to an activating group) is 1. The van der Waals surface area contributed by atoms with E-state index in [4.69, 9.17) is 9.84 Å². The van der Waals surface area contributed by atoms with E-state index in [9.17, 15) is 4.79 Å². The van der Waals surface area contributed by atoms with Crippen LogP contribution in [-0.2, 0) is 4.74 Å². The van der Waals surface area contributed by atoms with Crippen molar-refractivity contribution in [1.82, 2.24) is 9.88 Å². The summed E-state index contributed by atoms with van der Waals surface area (Å²) in [6.07, 6.45) is 2.08. The first kappa shape index (κ1) is 13.5. The van der Waals surface area contributed by atoms with Gasteiger partial charge in [-0.3, -0.25) is 4.79 Å². The van der Waals surface area contributed by atoms with Crippen LogP contribution in [0.5, 0.6) is 0 Å². The fraction of sp³-hybridized carbons (Fsp3) is 0.667. The Morgan fingerprint density at radius 1 is 1.78 bits per heavy atom. The number of thiazole rings is 1. The number of aliphatic hydroxyl groups excluding tert-OH is 1. The zero-order valence-corrected chi connectivity index (χ0v) is 11.4. The van der Waals surface area contributed by atoms with Gasteiger partial charge in [-0.05, 0) is 19.8 Å². The summed E-state index contributed by atoms with van der Waals surface area (Å²) in [7, 11) is 1.67. The zero-order chi connectivity index (χ0) is 13.1. The van der Waals surface area contributed by atoms with Gasteiger partial charge in [0.05, 0.1) is 12.6 Å². The van der Waals surface area contributed by atoms with Crippen LogP contribution >= 0.6 is 11.3 Å². The maximum Gasteiger partial charge on any atom is 0.273 e. The maximum atomic E-state index is 12.1. The summed E-state index contributed by atoms with van der Waals surface area (Å²) in [5.74, 6) is -0.156. The lowest BCUT2D eigenvalue weighted by Gasteiger charge is -2.22. The zero-order valence-electron chi connectivity index (χ0n) is 10.6. The van der Waals surface area contributed by atoms with Crippen LogP contribution in [0.15, 0.2) is 5.38 Å². The molecule has 1 fully saturated rings. The fourth-order valence-corrected chi connectivity index (χ4v) is 2.68. The summed E-state index contributed by atoms with van der Waals surface area (Å²) in [6.45, 7) is 2.52. The van der Waals surface area contributed by atoms with E-state index in [0.717, 1.165) is 24.5 Å². The number of nitrogens with zero attached hydrogens (tertiary/aromatic N) is 2. The van der Waals surface area contributed by atoms with E-state index in [-0.39, 0.29) is 24.7 Å². The molecule has 0 saturated carbocycles. The van der Waals surface area contributed by atoms with Gasteiger partial charge in [0.15, 0.2) is 0 Å². The fourth-order valence-electron chi connectivity index (χ4n) is 1.81. The van der Waals surface area contributed by atoms with Crippen LogP contribution in [0.2, 0.25) is 0 Å². The Labute approximate surface area is 110 Å². The largest absolute Gasteiger partial charge is 0.394 e. The van der Waals surface area contributed by atoms with Gasteiger partial charge in [0, 0.05) is 19.0 Å². The van der Waals surface area contributed by atoms with Crippen molar-refractivity contribution >= 4 is 17.2 Å². The Hall–Kier alpha value is -0.980. The average Bonchev–Trinajstić information content (AvgIpc) is 3.05. The first-order valence-electron chi connectivity index (χ1n) is 6.08. The lowest BCUT2D eigenvalue weighted by Crippen LogP contribution is -2.37. The van der Waals surface area contributed by atoms with E-state index in [1.807, 2.05) is 0 Å². The van der Waals surface area contributed by atoms with Crippen LogP contribution < -0.4 is 0 Å². The quantitative estimate of drug-likeness (QED) is 0.899. The number of rotatable bonds is 4. The van der Waals surface area contributed by atoms with Gasteiger partial charge < -0.3 is 14.7 Å². The van der Waals surface area contributed by atoms with Crippen molar-refractivity contribution in [3.05, 3.63) is 16.1 Å². The third kappa shape index (κ3) is 2.71. The van der Waals surface area contributed by atoms with Crippen LogP contribution in [0, 0.1) is 0 Å². The summed E-state index contributed by atoms with van der Waals surface area (Å²) < 4.78 is 5.54. The highest BCUT2D eigenvalue weighted by atomic mass is 32.1. The topological polar surface area (TPSA) is 62.7 Å². The Balaban J connectivity index is 2.07. The van der Waals surface area contributed by atoms with Crippen molar-refractivity contribution in [2.45, 2.75) is 31.9 Å². The van der Waals surface area contributed by atoms with Gasteiger partial charge in [-0.2, -0.15) is 0 Å². The molecular formula is C12H18N2O3S. The molecule has 0 radical (unpaired) electrons. The van der Waals surface area contributed by atoms with Crippen molar-refractivity contribution in [3.63, 3.8) is 0 Å². The van der Waals surface area contributed by atoms with Gasteiger partial charge in [-0.15, -0.1) is 11.3 Å². The number of aliphatic hydroxyl groups is 1. The summed E-state index contributed by atoms with van der Waals surface area (Å²) in [5.41, 5.74) is 0.438. The number of carbonyl (C=O) groups excluding carboxylic acids is 1. The Bertz CT molecular complexity index is 415. The molecule has 2 rings (SSSR count). The van der Waals surface area contributed by atoms with Crippen LogP contribution in [0.3, 0.4) is 0 Å². The highest BCUT2D eigenvalue weighted by Gasteiger charge is 2.24. The molecule has 1 aliphatic heterocycles. The first-order valence-corrected chi connectivity index (χ1v) is 6.96. The van der Waals surface area contributed by atoms with Gasteiger partial charge in [-0.25, -0.2) is 4.98 Å². The summed E-state index contributed by atoms with van der Waals surface area (Å²) in [4.78, 5) is 18.0. The molecule has 1 amide bonds. The van der Waals surface area contributed by atoms with Gasteiger partial charge in [0.2, 0.25) is 0 Å². The predicted molar refractivity (Wildman–Crippen MR) is 68.7 cm³/mol. The van der Waals surface area contributed by atoms with Crippen LogP contribution in [0.25, 0.3) is 0 Å². The molecule has 1 N–H and O–H groups in total. The van der Waals surface area contributed by atoms with Gasteiger partial charge in [-0.1, -0.05) is 0 Å². The van der Waals surface area contributed by atoms with E-state index >= 15 is 0 Å².